The third-order valence-corrected chi connectivity index (χ3v) is 24.3. The lowest BCUT2D eigenvalue weighted by Crippen LogP contribution is -2.64. The minimum absolute atomic E-state index is 0.00530. The normalized spacial score (nSPS) is 20.5. The molecule has 2 heterocycles. The number of carbonyl (C=O) groups is 16. The van der Waals surface area contributed by atoms with Gasteiger partial charge < -0.3 is 103 Å². The molecule has 133 heavy (non-hydrogen) atoms. The number of likely N-dealkylation sites (tertiary alicyclic amines) is 1. The summed E-state index contributed by atoms with van der Waals surface area (Å²) in [6.45, 7) is 32.0. The lowest BCUT2D eigenvalue weighted by atomic mass is 9.95. The Kier molecular flexibility index (Phi) is 45.4. The molecule has 36 nitrogen and oxygen atoms in total. The van der Waals surface area contributed by atoms with Crippen LogP contribution in [0.2, 0.25) is 0 Å². The van der Waals surface area contributed by atoms with E-state index in [0.29, 0.717) is 17.9 Å². The summed E-state index contributed by atoms with van der Waals surface area (Å²) in [7, 11) is 0. The first-order chi connectivity index (χ1) is 63.0. The van der Waals surface area contributed by atoms with Crippen molar-refractivity contribution in [2.75, 3.05) is 52.7 Å². The van der Waals surface area contributed by atoms with E-state index in [1.54, 1.807) is 127 Å². The number of allylic oxidation sites excluding steroid dienone is 1. The number of rotatable bonds is 45. The van der Waals surface area contributed by atoms with Crippen LogP contribution in [0.5, 0.6) is 0 Å². The summed E-state index contributed by atoms with van der Waals surface area (Å²) in [6.07, 6.45) is -0.446. The summed E-state index contributed by atoms with van der Waals surface area (Å²) >= 11 is 0. The maximum atomic E-state index is 15.4. The van der Waals surface area contributed by atoms with Crippen LogP contribution in [0.1, 0.15) is 218 Å². The molecule has 16 atom stereocenters. The number of aliphatic hydroxyl groups is 1. The van der Waals surface area contributed by atoms with Crippen LogP contribution in [0.3, 0.4) is 0 Å². The number of ether oxygens (including phenoxy) is 4. The predicted molar refractivity (Wildman–Crippen MR) is 499 cm³/mol. The summed E-state index contributed by atoms with van der Waals surface area (Å²) in [5, 5.41) is 48.9. The molecule has 36 heteroatoms. The van der Waals surface area contributed by atoms with Gasteiger partial charge in [0.25, 0.3) is 5.91 Å². The van der Waals surface area contributed by atoms with Gasteiger partial charge >= 0.3 is 12.1 Å². The lowest BCUT2D eigenvalue weighted by Gasteiger charge is -2.34. The van der Waals surface area contributed by atoms with Gasteiger partial charge in [0.2, 0.25) is 76.8 Å². The summed E-state index contributed by atoms with van der Waals surface area (Å²) in [6, 6.07) is 7.51. The molecule has 3 aromatic carbocycles. The van der Waals surface area contributed by atoms with Crippen LogP contribution >= 0.6 is 0 Å². The fourth-order valence-electron chi connectivity index (χ4n) is 15.8. The smallest absolute Gasteiger partial charge is 0.407 e. The van der Waals surface area contributed by atoms with Gasteiger partial charge in [-0.2, -0.15) is 0 Å². The van der Waals surface area contributed by atoms with Crippen molar-refractivity contribution in [3.63, 3.8) is 0 Å². The highest BCUT2D eigenvalue weighted by molar-refractivity contribution is 6.03. The molecule has 6 rings (SSSR count). The van der Waals surface area contributed by atoms with Crippen LogP contribution in [-0.2, 0) is 97.3 Å². The van der Waals surface area contributed by atoms with Crippen molar-refractivity contribution in [2.24, 2.45) is 47.3 Å². The Bertz CT molecular complexity index is 4420. The standard InChI is InChI=1S/C97H147N15O21/c1-20-59(16)80(92(124)111-83-62(19)133-96(128)79(58(14)15)107-84(116)69(22-3)100-86(118)71(51-63-34-24-23-25-35-63)102-88(120)76(55(8)9)104-91(123)81(60(17)21-2)109-94(83)126)108-85(117)70(40-31-44-98-73(114)43-47-130-49-50-131-48-45-99-97(129)132-52-68-66-38-28-26-36-64(66)65-37-27-29-39-67(65)68)101-87(119)72-41-32-46-112(72)95(127)78(57(12)13)106-90(122)77(56(10)11)105-93(125)82(61(18)113)110-89(121)75(54(6)7)103-74(115)42-30-33-53(4)5/h22-29,34-39,53-62,68,70-72,75-83,113H,20-21,30-33,40-52H2,1-19H3,(H,98,114)(H,99,129)(H,100,118)(H,101,119)(H,102,120)(H,103,115)(H,104,123)(H,105,125)(H,106,122)(H,107,116)(H,108,117)(H,109,126)(H,110,121)(H,111,124)/b69-22-/t59-,60-,61+,62+,70-,71-,72+,75+,76+,77-,78+,79-,80+,81+,82-,83+/m0/s1. The molecule has 2 saturated heterocycles. The molecule has 0 saturated carbocycles. The quantitative estimate of drug-likeness (QED) is 0.0202. The minimum atomic E-state index is -1.90. The number of nitrogens with one attached hydrogen (secondary N) is 14. The third-order valence-electron chi connectivity index (χ3n) is 24.3. The molecule has 15 N–H and O–H groups in total. The van der Waals surface area contributed by atoms with Gasteiger partial charge in [0.15, 0.2) is 0 Å². The maximum absolute atomic E-state index is 15.4. The minimum Gasteiger partial charge on any atom is -0.458 e. The summed E-state index contributed by atoms with van der Waals surface area (Å²) in [4.78, 5) is 232. The van der Waals surface area contributed by atoms with Crippen LogP contribution in [0.4, 0.5) is 4.79 Å². The zero-order valence-corrected chi connectivity index (χ0v) is 80.9. The number of benzene rings is 3. The van der Waals surface area contributed by atoms with E-state index >= 15 is 24.0 Å². The van der Waals surface area contributed by atoms with Gasteiger partial charge in [-0.25, -0.2) is 9.59 Å². The monoisotopic (exact) mass is 1860 g/mol. The summed E-state index contributed by atoms with van der Waals surface area (Å²) < 4.78 is 23.0. The maximum Gasteiger partial charge on any atom is 0.407 e. The highest BCUT2D eigenvalue weighted by Crippen LogP contribution is 2.44. The average molecular weight is 1860 g/mol. The van der Waals surface area contributed by atoms with Crippen molar-refractivity contribution in [3.8, 4) is 11.1 Å². The molecule has 736 valence electrons. The number of cyclic esters (lactones) is 1. The molecule has 3 aromatic rings. The number of aliphatic hydroxyl groups excluding tert-OH is 1. The Hall–Kier alpha value is -11.4. The van der Waals surface area contributed by atoms with Gasteiger partial charge in [-0.15, -0.1) is 0 Å². The number of fused-ring (bicyclic) bond motifs is 3. The van der Waals surface area contributed by atoms with Gasteiger partial charge in [-0.05, 0) is 128 Å². The fourth-order valence-corrected chi connectivity index (χ4v) is 15.8. The van der Waals surface area contributed by atoms with Crippen LogP contribution in [0.15, 0.2) is 90.6 Å². The molecule has 0 bridgehead atoms. The van der Waals surface area contributed by atoms with E-state index < -0.39 is 215 Å². The van der Waals surface area contributed by atoms with Crippen molar-refractivity contribution >= 4 is 94.8 Å². The van der Waals surface area contributed by atoms with E-state index in [0.717, 1.165) is 28.7 Å². The zero-order valence-electron chi connectivity index (χ0n) is 80.9. The Balaban J connectivity index is 1.23. The highest BCUT2D eigenvalue weighted by atomic mass is 16.6. The van der Waals surface area contributed by atoms with Crippen LogP contribution in [0, 0.1) is 47.3 Å². The topological polar surface area (TPSA) is 502 Å². The molecule has 3 aliphatic rings. The second-order valence-electron chi connectivity index (χ2n) is 37.0. The zero-order chi connectivity index (χ0) is 98.6. The highest BCUT2D eigenvalue weighted by Gasteiger charge is 2.45. The molecule has 0 unspecified atom stereocenters. The van der Waals surface area contributed by atoms with Gasteiger partial charge in [0.1, 0.15) is 90.9 Å². The first-order valence-corrected chi connectivity index (χ1v) is 47.1. The SMILES string of the molecule is C/C=C1\NC(=O)[C@H](Cc2ccccc2)NC(=O)[C@@H](C(C)C)NC(=O)[C@@H]([C@@H](C)CC)NC(=O)[C@H](NC(=O)[C@H](NC(=O)[C@H](CCCNC(=O)CCOCCOCCNC(=O)OCC2c3ccccc3-c3ccccc32)NC(=O)[C@H]2CCCN2C(=O)[C@H](NC(=O)[C@@H](NC(=O)[C@@H](NC(=O)[C@H](NC(=O)CCCC(C)C)C(C)C)[C@@H](C)O)C(C)C)C(C)C)[C@@H](C)CC)[C@@H](C)OC(=O)[C@H](C(C)C)NC1=O. The summed E-state index contributed by atoms with van der Waals surface area (Å²) in [5.41, 5.74) is 4.71. The second kappa shape index (κ2) is 54.7. The number of hydrogen-bond donors (Lipinski definition) is 15. The number of hydrogen-bond acceptors (Lipinski definition) is 21. The summed E-state index contributed by atoms with van der Waals surface area (Å²) in [5.74, 6) is -16.6. The number of carbonyl (C=O) groups excluding carboxylic acids is 16. The van der Waals surface area contributed by atoms with E-state index in [-0.39, 0.29) is 128 Å². The lowest BCUT2D eigenvalue weighted by molar-refractivity contribution is -0.157. The first kappa shape index (κ1) is 110. The molecular weight excluding hydrogens is 1710 g/mol. The number of alkyl carbamates (subject to hydrolysis) is 1. The molecule has 0 aromatic heterocycles. The predicted octanol–water partition coefficient (Wildman–Crippen LogP) is 4.96. The third kappa shape index (κ3) is 33.6. The van der Waals surface area contributed by atoms with E-state index in [9.17, 15) is 57.8 Å². The van der Waals surface area contributed by atoms with E-state index in [1.165, 1.54) is 31.7 Å². The van der Waals surface area contributed by atoms with E-state index in [1.807, 2.05) is 50.2 Å². The molecule has 15 amide bonds. The second-order valence-corrected chi connectivity index (χ2v) is 37.0. The Morgan fingerprint density at radius 3 is 1.68 bits per heavy atom. The van der Waals surface area contributed by atoms with Crippen molar-refractivity contribution in [1.29, 1.82) is 0 Å². The van der Waals surface area contributed by atoms with Gasteiger partial charge in [-0.1, -0.05) is 215 Å². The average Bonchev–Trinajstić information content (AvgIpc) is 1.61. The number of nitrogens with zero attached hydrogens (tertiary/aromatic N) is 1. The molecule has 0 spiro atoms. The molecule has 0 radical (unpaired) electrons. The van der Waals surface area contributed by atoms with Gasteiger partial charge in [-0.3, -0.25) is 67.1 Å². The Morgan fingerprint density at radius 2 is 1.10 bits per heavy atom. The van der Waals surface area contributed by atoms with Gasteiger partial charge in [0.05, 0.1) is 32.5 Å². The molecular formula is C97H147N15O21. The van der Waals surface area contributed by atoms with E-state index in [4.69, 9.17) is 18.9 Å². The Morgan fingerprint density at radius 1 is 0.541 bits per heavy atom. The van der Waals surface area contributed by atoms with Crippen LogP contribution in [-0.4, -0.2) is 242 Å². The van der Waals surface area contributed by atoms with Crippen molar-refractivity contribution in [1.82, 2.24) is 79.3 Å². The van der Waals surface area contributed by atoms with Crippen molar-refractivity contribution in [3.05, 3.63) is 107 Å². The molecule has 1 aliphatic carbocycles. The van der Waals surface area contributed by atoms with Gasteiger partial charge in [0, 0.05) is 44.8 Å². The first-order valence-electron chi connectivity index (χ1n) is 47.1. The number of esters is 1. The Labute approximate surface area is 782 Å². The van der Waals surface area contributed by atoms with E-state index in [2.05, 4.69) is 86.6 Å². The van der Waals surface area contributed by atoms with Crippen molar-refractivity contribution < 1.29 is 101 Å². The van der Waals surface area contributed by atoms with Crippen LogP contribution in [0.25, 0.3) is 11.1 Å². The fraction of sp³-hybridized carbons (Fsp3) is 0.629. The number of amides is 15. The molecule has 2 fully saturated rings. The molecule has 2 aliphatic heterocycles. The van der Waals surface area contributed by atoms with Crippen LogP contribution < -0.4 is 74.4 Å². The van der Waals surface area contributed by atoms with Crippen molar-refractivity contribution in [2.45, 2.75) is 293 Å². The largest absolute Gasteiger partial charge is 0.458 e.